The van der Waals surface area contributed by atoms with Gasteiger partial charge in [-0.2, -0.15) is 0 Å². The second-order valence-electron chi connectivity index (χ2n) is 13.6. The molecular weight excluding hydrogens is 623 g/mol. The first-order chi connectivity index (χ1) is 22.5. The fourth-order valence-electron chi connectivity index (χ4n) is 6.65. The van der Waals surface area contributed by atoms with E-state index in [0.29, 0.717) is 19.3 Å². The Morgan fingerprint density at radius 2 is 1.62 bits per heavy atom. The Hall–Kier alpha value is -3.69. The highest BCUT2D eigenvalue weighted by atomic mass is 32.1. The van der Waals surface area contributed by atoms with Crippen molar-refractivity contribution in [3.8, 4) is 0 Å². The summed E-state index contributed by atoms with van der Waals surface area (Å²) in [5, 5.41) is 23.0. The lowest BCUT2D eigenvalue weighted by Gasteiger charge is -2.44. The molecule has 2 N–H and O–H groups in total. The first-order valence-corrected chi connectivity index (χ1v) is 19.1. The average molecular weight is 668 g/mol. The van der Waals surface area contributed by atoms with Crippen LogP contribution in [0.3, 0.4) is 0 Å². The van der Waals surface area contributed by atoms with Gasteiger partial charge in [0.1, 0.15) is 16.9 Å². The molecule has 6 nitrogen and oxygen atoms in total. The maximum absolute atomic E-state index is 13.3. The number of allylic oxidation sites excluding steroid dienone is 3. The fraction of sp³-hybridized carbons (Fsp3) is 0.359. The van der Waals surface area contributed by atoms with Crippen molar-refractivity contribution in [2.75, 3.05) is 0 Å². The number of rotatable bonds is 13. The second-order valence-corrected chi connectivity index (χ2v) is 18.9. The number of thiazole rings is 1. The minimum Gasteiger partial charge on any atom is -0.481 e. The number of ketones is 1. The van der Waals surface area contributed by atoms with E-state index in [1.165, 1.54) is 0 Å². The summed E-state index contributed by atoms with van der Waals surface area (Å²) in [6.45, 7) is 8.44. The molecule has 0 radical (unpaired) electrons. The number of hydrogen-bond donors (Lipinski definition) is 2. The first-order valence-electron chi connectivity index (χ1n) is 16.4. The third-order valence-electron chi connectivity index (χ3n) is 9.27. The third kappa shape index (κ3) is 7.73. The number of nitrogens with zero attached hydrogens (tertiary/aromatic N) is 1. The number of aromatic nitrogens is 1. The Kier molecular flexibility index (Phi) is 11.1. The van der Waals surface area contributed by atoms with Gasteiger partial charge in [0.15, 0.2) is 0 Å². The van der Waals surface area contributed by atoms with Crippen molar-refractivity contribution in [3.05, 3.63) is 114 Å². The summed E-state index contributed by atoms with van der Waals surface area (Å²) in [6.07, 6.45) is 8.45. The zero-order chi connectivity index (χ0) is 33.6. The van der Waals surface area contributed by atoms with E-state index in [1.54, 1.807) is 18.3 Å². The number of carboxylic acids is 1. The molecule has 1 fully saturated rings. The van der Waals surface area contributed by atoms with Gasteiger partial charge in [-0.05, 0) is 46.8 Å². The normalized spacial score (nSPS) is 20.4. The number of Topliss-reactive ketones (excluding diaryl/α,β-unsaturated/α-hetero) is 1. The van der Waals surface area contributed by atoms with E-state index in [4.69, 9.17) is 14.5 Å². The second kappa shape index (κ2) is 15.0. The standard InChI is InChI=1S/C39H45NO5SSi/c1-27(38(43)44)16-8-5-13-21-30-31(34(42)26-33(30)41)24-25-35(37-40-32-22-14-15-23-36(32)46-37)45-47(39(2,3)4,28-17-9-6-10-18-28)29-19-11-7-12-20-29/h5-7,9-15,17-20,22-25,27,30-31,33,35,41H,8,16,21,26H2,1-4H3,(H,43,44)/b13-5-,25-24+/t27?,30-,31-,33+,35-/m1/s1. The minimum atomic E-state index is -2.99. The van der Waals surface area contributed by atoms with E-state index in [-0.39, 0.29) is 23.2 Å². The monoisotopic (exact) mass is 667 g/mol. The molecule has 4 aromatic rings. The lowest BCUT2D eigenvalue weighted by Crippen LogP contribution is -2.66. The molecule has 1 aliphatic carbocycles. The summed E-state index contributed by atoms with van der Waals surface area (Å²) in [5.41, 5.74) is 0.907. The number of benzene rings is 3. The lowest BCUT2D eigenvalue weighted by atomic mass is 9.90. The first kappa shape index (κ1) is 34.6. The molecule has 0 saturated heterocycles. The number of carbonyl (C=O) groups excluding carboxylic acids is 1. The number of hydrogen-bond acceptors (Lipinski definition) is 6. The van der Waals surface area contributed by atoms with Crippen LogP contribution in [0, 0.1) is 17.8 Å². The molecule has 5 rings (SSSR count). The van der Waals surface area contributed by atoms with E-state index < -0.39 is 38.3 Å². The Labute approximate surface area is 283 Å². The molecule has 0 aliphatic heterocycles. The van der Waals surface area contributed by atoms with Crippen molar-refractivity contribution in [2.45, 2.75) is 70.6 Å². The van der Waals surface area contributed by atoms with Crippen LogP contribution in [0.2, 0.25) is 5.04 Å². The van der Waals surface area contributed by atoms with Gasteiger partial charge in [0.05, 0.1) is 22.2 Å². The third-order valence-corrected chi connectivity index (χ3v) is 15.4. The number of carbonyl (C=O) groups is 2. The van der Waals surface area contributed by atoms with Gasteiger partial charge in [0.25, 0.3) is 8.32 Å². The summed E-state index contributed by atoms with van der Waals surface area (Å²) in [6, 6.07) is 29.1. The number of carboxylic acid groups (broad SMARTS) is 1. The summed E-state index contributed by atoms with van der Waals surface area (Å²) < 4.78 is 8.64. The van der Waals surface area contributed by atoms with Gasteiger partial charge < -0.3 is 14.6 Å². The quantitative estimate of drug-likeness (QED) is 0.113. The number of fused-ring (bicyclic) bond motifs is 1. The number of aliphatic hydroxyl groups excluding tert-OH is 1. The van der Waals surface area contributed by atoms with Crippen molar-refractivity contribution < 1.29 is 24.2 Å². The zero-order valence-corrected chi connectivity index (χ0v) is 29.4. The largest absolute Gasteiger partial charge is 0.481 e. The zero-order valence-electron chi connectivity index (χ0n) is 27.6. The molecule has 1 saturated carbocycles. The maximum Gasteiger partial charge on any atom is 0.306 e. The maximum atomic E-state index is 13.3. The van der Waals surface area contributed by atoms with Crippen molar-refractivity contribution in [1.82, 2.24) is 4.98 Å². The highest BCUT2D eigenvalue weighted by molar-refractivity contribution is 7.18. The molecule has 1 aliphatic rings. The predicted molar refractivity (Wildman–Crippen MR) is 193 cm³/mol. The fourth-order valence-corrected chi connectivity index (χ4v) is 12.3. The smallest absolute Gasteiger partial charge is 0.306 e. The van der Waals surface area contributed by atoms with Crippen LogP contribution in [0.1, 0.15) is 64.5 Å². The molecule has 246 valence electrons. The molecule has 0 amide bonds. The van der Waals surface area contributed by atoms with Crippen LogP contribution in [0.5, 0.6) is 0 Å². The molecule has 5 atom stereocenters. The van der Waals surface area contributed by atoms with Gasteiger partial charge in [-0.25, -0.2) is 4.98 Å². The van der Waals surface area contributed by atoms with Gasteiger partial charge in [-0.15, -0.1) is 11.3 Å². The van der Waals surface area contributed by atoms with Crippen LogP contribution in [-0.4, -0.2) is 41.4 Å². The minimum absolute atomic E-state index is 0.0140. The van der Waals surface area contributed by atoms with Crippen molar-refractivity contribution in [1.29, 1.82) is 0 Å². The Morgan fingerprint density at radius 3 is 2.21 bits per heavy atom. The molecule has 1 aromatic heterocycles. The lowest BCUT2D eigenvalue weighted by molar-refractivity contribution is -0.141. The summed E-state index contributed by atoms with van der Waals surface area (Å²) in [7, 11) is -2.99. The van der Waals surface area contributed by atoms with Gasteiger partial charge >= 0.3 is 5.97 Å². The van der Waals surface area contributed by atoms with Gasteiger partial charge in [-0.3, -0.25) is 9.59 Å². The summed E-state index contributed by atoms with van der Waals surface area (Å²) in [4.78, 5) is 29.5. The summed E-state index contributed by atoms with van der Waals surface area (Å²) >= 11 is 1.60. The molecule has 3 aromatic carbocycles. The Balaban J connectivity index is 1.53. The molecule has 8 heteroatoms. The van der Waals surface area contributed by atoms with Crippen LogP contribution in [0.15, 0.2) is 109 Å². The number of aliphatic hydroxyl groups is 1. The molecule has 1 heterocycles. The van der Waals surface area contributed by atoms with Crippen LogP contribution in [-0.2, 0) is 14.0 Å². The van der Waals surface area contributed by atoms with Crippen LogP contribution in [0.4, 0.5) is 0 Å². The summed E-state index contributed by atoms with van der Waals surface area (Å²) in [5.74, 6) is -1.93. The van der Waals surface area contributed by atoms with Crippen LogP contribution >= 0.6 is 11.3 Å². The van der Waals surface area contributed by atoms with E-state index in [1.807, 2.05) is 54.6 Å². The number of para-hydroxylation sites is 1. The molecule has 0 bridgehead atoms. The molecule has 0 spiro atoms. The van der Waals surface area contributed by atoms with E-state index in [2.05, 4.69) is 75.4 Å². The highest BCUT2D eigenvalue weighted by Gasteiger charge is 2.52. The van der Waals surface area contributed by atoms with E-state index in [0.717, 1.165) is 25.6 Å². The van der Waals surface area contributed by atoms with Crippen molar-refractivity contribution in [3.63, 3.8) is 0 Å². The predicted octanol–water partition coefficient (Wildman–Crippen LogP) is 7.48. The van der Waals surface area contributed by atoms with Gasteiger partial charge in [0.2, 0.25) is 0 Å². The van der Waals surface area contributed by atoms with Crippen molar-refractivity contribution >= 4 is 52.0 Å². The topological polar surface area (TPSA) is 96.7 Å². The van der Waals surface area contributed by atoms with Crippen LogP contribution < -0.4 is 10.4 Å². The SMILES string of the molecule is CC(CC/C=C\C[C@H]1[C@@H](O)CC(=O)[C@@H]1/C=C/[C@@H](O[Si](c1ccccc1)(c1ccccc1)C(C)(C)C)c1nc2ccccc2s1)C(=O)O. The Morgan fingerprint density at radius 1 is 1.00 bits per heavy atom. The average Bonchev–Trinajstić information content (AvgIpc) is 3.60. The molecular formula is C39H45NO5SSi. The van der Waals surface area contributed by atoms with E-state index in [9.17, 15) is 14.7 Å². The Bertz CT molecular complexity index is 1640. The molecule has 47 heavy (non-hydrogen) atoms. The van der Waals surface area contributed by atoms with Gasteiger partial charge in [0, 0.05) is 18.3 Å². The highest BCUT2D eigenvalue weighted by Crippen LogP contribution is 2.42. The molecule has 1 unspecified atom stereocenters. The number of aliphatic carboxylic acids is 1. The van der Waals surface area contributed by atoms with Crippen LogP contribution in [0.25, 0.3) is 10.2 Å². The van der Waals surface area contributed by atoms with Gasteiger partial charge in [-0.1, -0.05) is 125 Å². The van der Waals surface area contributed by atoms with Crippen molar-refractivity contribution in [2.24, 2.45) is 17.8 Å². The van der Waals surface area contributed by atoms with E-state index >= 15 is 0 Å².